The molecule has 0 radical (unpaired) electrons. The van der Waals surface area contributed by atoms with Crippen LogP contribution in [0, 0.1) is 0 Å². The standard InChI is InChI=1S/C21H19N5O2/c1-2-16(14-9-5-3-6-10-14)19(28)23-20-24-21-22-17(13-18(27)26(21)25-20)15-11-7-4-8-12-15/h3-13,16H,2H2,1H3,(H2,22,23,24,25,28)/t16-/m0/s1. The SMILES string of the molecule is CC[C@H](C(=O)Nc1nc2nc(-c3ccccc3)cc(=O)n2[nH]1)c1ccccc1. The molecule has 0 aliphatic carbocycles. The van der Waals surface area contributed by atoms with Crippen molar-refractivity contribution in [1.82, 2.24) is 19.6 Å². The fourth-order valence-corrected chi connectivity index (χ4v) is 3.16. The van der Waals surface area contributed by atoms with Gasteiger partial charge in [-0.3, -0.25) is 20.0 Å². The Bertz CT molecular complexity index is 1170. The number of fused-ring (bicyclic) bond motifs is 1. The number of aromatic amines is 1. The summed E-state index contributed by atoms with van der Waals surface area (Å²) in [6, 6.07) is 20.4. The molecule has 1 amide bonds. The van der Waals surface area contributed by atoms with Crippen molar-refractivity contribution in [3.8, 4) is 11.3 Å². The fraction of sp³-hybridized carbons (Fsp3) is 0.143. The third-order valence-electron chi connectivity index (χ3n) is 4.57. The molecule has 28 heavy (non-hydrogen) atoms. The number of carbonyl (C=O) groups is 1. The molecule has 0 fully saturated rings. The summed E-state index contributed by atoms with van der Waals surface area (Å²) in [6.07, 6.45) is 0.645. The van der Waals surface area contributed by atoms with Crippen LogP contribution in [0.1, 0.15) is 24.8 Å². The molecule has 0 saturated heterocycles. The molecule has 2 aromatic carbocycles. The lowest BCUT2D eigenvalue weighted by atomic mass is 9.96. The number of amides is 1. The summed E-state index contributed by atoms with van der Waals surface area (Å²) < 4.78 is 1.21. The molecule has 2 heterocycles. The van der Waals surface area contributed by atoms with Gasteiger partial charge in [0.25, 0.3) is 11.3 Å². The second-order valence-electron chi connectivity index (χ2n) is 6.41. The van der Waals surface area contributed by atoms with Crippen LogP contribution in [0.3, 0.4) is 0 Å². The zero-order chi connectivity index (χ0) is 19.5. The number of aromatic nitrogens is 4. The number of benzene rings is 2. The highest BCUT2D eigenvalue weighted by Crippen LogP contribution is 2.21. The Kier molecular flexibility index (Phi) is 4.72. The van der Waals surface area contributed by atoms with Crippen molar-refractivity contribution >= 4 is 17.6 Å². The normalized spacial score (nSPS) is 12.0. The molecular weight excluding hydrogens is 354 g/mol. The summed E-state index contributed by atoms with van der Waals surface area (Å²) in [7, 11) is 0. The van der Waals surface area contributed by atoms with Gasteiger partial charge in [-0.05, 0) is 12.0 Å². The van der Waals surface area contributed by atoms with Crippen LogP contribution >= 0.6 is 0 Å². The molecule has 140 valence electrons. The van der Waals surface area contributed by atoms with Gasteiger partial charge >= 0.3 is 0 Å². The number of H-pyrrole nitrogens is 1. The Labute approximate surface area is 161 Å². The average Bonchev–Trinajstić information content (AvgIpc) is 3.13. The van der Waals surface area contributed by atoms with Crippen LogP contribution in [-0.2, 0) is 4.79 Å². The Morgan fingerprint density at radius 1 is 1.07 bits per heavy atom. The van der Waals surface area contributed by atoms with Crippen molar-refractivity contribution in [2.45, 2.75) is 19.3 Å². The predicted octanol–water partition coefficient (Wildman–Crippen LogP) is 3.22. The summed E-state index contributed by atoms with van der Waals surface area (Å²) >= 11 is 0. The van der Waals surface area contributed by atoms with E-state index in [9.17, 15) is 9.59 Å². The topological polar surface area (TPSA) is 92.2 Å². The van der Waals surface area contributed by atoms with Gasteiger partial charge in [-0.2, -0.15) is 9.50 Å². The predicted molar refractivity (Wildman–Crippen MR) is 107 cm³/mol. The van der Waals surface area contributed by atoms with Crippen molar-refractivity contribution in [2.75, 3.05) is 5.32 Å². The van der Waals surface area contributed by atoms with Crippen LogP contribution in [0.5, 0.6) is 0 Å². The highest BCUT2D eigenvalue weighted by atomic mass is 16.2. The van der Waals surface area contributed by atoms with Crippen LogP contribution < -0.4 is 10.9 Å². The van der Waals surface area contributed by atoms with E-state index in [4.69, 9.17) is 0 Å². The minimum atomic E-state index is -0.307. The van der Waals surface area contributed by atoms with Crippen molar-refractivity contribution < 1.29 is 4.79 Å². The van der Waals surface area contributed by atoms with Crippen molar-refractivity contribution in [2.24, 2.45) is 0 Å². The number of rotatable bonds is 5. The first kappa shape index (κ1) is 17.7. The second-order valence-corrected chi connectivity index (χ2v) is 6.41. The number of anilines is 1. The highest BCUT2D eigenvalue weighted by Gasteiger charge is 2.20. The molecule has 4 rings (SSSR count). The maximum atomic E-state index is 12.7. The zero-order valence-electron chi connectivity index (χ0n) is 15.3. The lowest BCUT2D eigenvalue weighted by Crippen LogP contribution is -2.21. The van der Waals surface area contributed by atoms with Gasteiger partial charge in [0.15, 0.2) is 0 Å². The first-order valence-corrected chi connectivity index (χ1v) is 9.06. The van der Waals surface area contributed by atoms with E-state index in [1.165, 1.54) is 10.6 Å². The third kappa shape index (κ3) is 3.42. The van der Waals surface area contributed by atoms with E-state index in [-0.39, 0.29) is 29.1 Å². The van der Waals surface area contributed by atoms with Gasteiger partial charge in [0, 0.05) is 11.6 Å². The molecular formula is C21H19N5O2. The molecule has 7 nitrogen and oxygen atoms in total. The number of carbonyl (C=O) groups excluding carboxylic acids is 1. The maximum Gasteiger partial charge on any atom is 0.274 e. The number of hydrogen-bond donors (Lipinski definition) is 2. The summed E-state index contributed by atoms with van der Waals surface area (Å²) in [5, 5.41) is 5.56. The number of nitrogens with zero attached hydrogens (tertiary/aromatic N) is 3. The fourth-order valence-electron chi connectivity index (χ4n) is 3.16. The van der Waals surface area contributed by atoms with Gasteiger partial charge in [-0.15, -0.1) is 0 Å². The Morgan fingerprint density at radius 2 is 1.75 bits per heavy atom. The minimum Gasteiger partial charge on any atom is -0.294 e. The van der Waals surface area contributed by atoms with Crippen molar-refractivity contribution in [3.05, 3.63) is 82.6 Å². The Balaban J connectivity index is 1.64. The molecule has 2 aromatic heterocycles. The molecule has 7 heteroatoms. The van der Waals surface area contributed by atoms with Crippen molar-refractivity contribution in [3.63, 3.8) is 0 Å². The van der Waals surface area contributed by atoms with E-state index in [2.05, 4.69) is 20.4 Å². The lowest BCUT2D eigenvalue weighted by Gasteiger charge is -2.13. The molecule has 0 spiro atoms. The average molecular weight is 373 g/mol. The van der Waals surface area contributed by atoms with Gasteiger partial charge in [-0.1, -0.05) is 67.6 Å². The molecule has 2 N–H and O–H groups in total. The maximum absolute atomic E-state index is 12.7. The van der Waals surface area contributed by atoms with E-state index >= 15 is 0 Å². The van der Waals surface area contributed by atoms with E-state index in [0.29, 0.717) is 12.1 Å². The first-order chi connectivity index (χ1) is 13.7. The van der Waals surface area contributed by atoms with Gasteiger partial charge in [0.1, 0.15) is 0 Å². The largest absolute Gasteiger partial charge is 0.294 e. The van der Waals surface area contributed by atoms with Gasteiger partial charge in [0.2, 0.25) is 11.9 Å². The molecule has 1 atom stereocenters. The van der Waals surface area contributed by atoms with E-state index in [0.717, 1.165) is 11.1 Å². The van der Waals surface area contributed by atoms with Crippen LogP contribution in [0.4, 0.5) is 5.95 Å². The molecule has 4 aromatic rings. The van der Waals surface area contributed by atoms with Gasteiger partial charge in [0.05, 0.1) is 11.6 Å². The zero-order valence-corrected chi connectivity index (χ0v) is 15.3. The smallest absolute Gasteiger partial charge is 0.274 e. The number of nitrogens with one attached hydrogen (secondary N) is 2. The van der Waals surface area contributed by atoms with E-state index in [1.807, 2.05) is 67.6 Å². The summed E-state index contributed by atoms with van der Waals surface area (Å²) in [5.74, 6) is -0.105. The molecule has 0 aliphatic rings. The summed E-state index contributed by atoms with van der Waals surface area (Å²) in [5.41, 5.74) is 1.99. The van der Waals surface area contributed by atoms with Crippen LogP contribution in [0.2, 0.25) is 0 Å². The van der Waals surface area contributed by atoms with E-state index in [1.54, 1.807) is 0 Å². The van der Waals surface area contributed by atoms with Gasteiger partial charge < -0.3 is 0 Å². The summed E-state index contributed by atoms with van der Waals surface area (Å²) in [4.78, 5) is 33.8. The van der Waals surface area contributed by atoms with Gasteiger partial charge in [-0.25, -0.2) is 4.98 Å². The quantitative estimate of drug-likeness (QED) is 0.562. The Hall–Kier alpha value is -3.74. The molecule has 0 saturated carbocycles. The minimum absolute atomic E-state index is 0.189. The summed E-state index contributed by atoms with van der Waals surface area (Å²) in [6.45, 7) is 1.95. The number of hydrogen-bond acceptors (Lipinski definition) is 4. The Morgan fingerprint density at radius 3 is 2.43 bits per heavy atom. The molecule has 0 bridgehead atoms. The molecule has 0 aliphatic heterocycles. The third-order valence-corrected chi connectivity index (χ3v) is 4.57. The molecule has 0 unspecified atom stereocenters. The first-order valence-electron chi connectivity index (χ1n) is 9.06. The highest BCUT2D eigenvalue weighted by molar-refractivity contribution is 5.94. The van der Waals surface area contributed by atoms with Crippen molar-refractivity contribution in [1.29, 1.82) is 0 Å². The van der Waals surface area contributed by atoms with Crippen LogP contribution in [0.25, 0.3) is 17.0 Å². The van der Waals surface area contributed by atoms with E-state index < -0.39 is 0 Å². The lowest BCUT2D eigenvalue weighted by molar-refractivity contribution is -0.117. The van der Waals surface area contributed by atoms with Crippen LogP contribution in [-0.4, -0.2) is 25.5 Å². The second kappa shape index (κ2) is 7.48. The van der Waals surface area contributed by atoms with Crippen LogP contribution in [0.15, 0.2) is 71.5 Å². The monoisotopic (exact) mass is 373 g/mol.